The predicted octanol–water partition coefficient (Wildman–Crippen LogP) is 4.45. The molecule has 0 atom stereocenters. The van der Waals surface area contributed by atoms with Crippen LogP contribution in [-0.4, -0.2) is 13.7 Å². The van der Waals surface area contributed by atoms with Crippen LogP contribution in [0.2, 0.25) is 0 Å². The summed E-state index contributed by atoms with van der Waals surface area (Å²) < 4.78 is 68.7. The van der Waals surface area contributed by atoms with Gasteiger partial charge in [0.25, 0.3) is 0 Å². The normalized spacial score (nSPS) is 11.8. The van der Waals surface area contributed by atoms with Gasteiger partial charge in [-0.15, -0.1) is 0 Å². The first kappa shape index (κ1) is 19.0. The Kier molecular flexibility index (Phi) is 5.79. The molecule has 0 spiro atoms. The largest absolute Gasteiger partial charge is 0.283 e. The molecule has 24 heavy (non-hydrogen) atoms. The van der Waals surface area contributed by atoms with Crippen molar-refractivity contribution in [3.05, 3.63) is 62.5 Å². The molecule has 0 aliphatic rings. The Hall–Kier alpha value is -1.29. The lowest BCUT2D eigenvalue weighted by atomic mass is 10.0. The molecule has 0 fully saturated rings. The molecule has 0 aliphatic heterocycles. The Balaban J connectivity index is 2.49. The van der Waals surface area contributed by atoms with Gasteiger partial charge in [0, 0.05) is 15.6 Å². The summed E-state index contributed by atoms with van der Waals surface area (Å²) in [5, 5.41) is -0.756. The maximum Gasteiger partial charge on any atom is 0.235 e. The minimum Gasteiger partial charge on any atom is -0.283 e. The third kappa shape index (κ3) is 4.21. The highest BCUT2D eigenvalue weighted by atomic mass is 127. The average molecular weight is 469 g/mol. The molecule has 0 unspecified atom stereocenters. The van der Waals surface area contributed by atoms with Crippen molar-refractivity contribution < 1.29 is 21.6 Å². The number of benzene rings is 2. The Bertz CT molecular complexity index is 870. The summed E-state index contributed by atoms with van der Waals surface area (Å²) in [7, 11) is -3.75. The zero-order valence-corrected chi connectivity index (χ0v) is 15.9. The molecule has 2 aromatic rings. The number of halogens is 4. The van der Waals surface area contributed by atoms with Gasteiger partial charge >= 0.3 is 0 Å². The highest BCUT2D eigenvalue weighted by Gasteiger charge is 2.21. The van der Waals surface area contributed by atoms with E-state index < -0.39 is 32.7 Å². The van der Waals surface area contributed by atoms with Gasteiger partial charge in [-0.2, -0.15) is 0 Å². The second-order valence-corrected chi connectivity index (χ2v) is 8.98. The molecule has 8 heteroatoms. The zero-order valence-electron chi connectivity index (χ0n) is 12.9. The maximum absolute atomic E-state index is 14.2. The van der Waals surface area contributed by atoms with E-state index in [9.17, 15) is 21.6 Å². The van der Waals surface area contributed by atoms with Gasteiger partial charge in [0.1, 0.15) is 5.82 Å². The van der Waals surface area contributed by atoms with Crippen molar-refractivity contribution in [1.82, 2.24) is 0 Å². The van der Waals surface area contributed by atoms with Crippen molar-refractivity contribution in [3.8, 4) is 0 Å². The van der Waals surface area contributed by atoms with E-state index >= 15 is 0 Å². The first-order chi connectivity index (χ1) is 11.1. The SMILES string of the molecule is CC(C)S(=O)(=O)Nc1ccc(F)c(F)c1Cc1ccc(I)cc1F. The second kappa shape index (κ2) is 7.30. The fourth-order valence-electron chi connectivity index (χ4n) is 1.99. The lowest BCUT2D eigenvalue weighted by Gasteiger charge is -2.16. The lowest BCUT2D eigenvalue weighted by Crippen LogP contribution is -2.23. The van der Waals surface area contributed by atoms with E-state index in [0.717, 1.165) is 12.1 Å². The number of anilines is 1. The average Bonchev–Trinajstić information content (AvgIpc) is 2.48. The molecule has 0 saturated carbocycles. The number of hydrogen-bond acceptors (Lipinski definition) is 2. The summed E-state index contributed by atoms with van der Waals surface area (Å²) in [6, 6.07) is 6.33. The smallest absolute Gasteiger partial charge is 0.235 e. The van der Waals surface area contributed by atoms with Crippen LogP contribution in [0.3, 0.4) is 0 Å². The quantitative estimate of drug-likeness (QED) is 0.658. The number of rotatable bonds is 5. The second-order valence-electron chi connectivity index (χ2n) is 5.50. The van der Waals surface area contributed by atoms with Gasteiger partial charge in [0.15, 0.2) is 11.6 Å². The van der Waals surface area contributed by atoms with Crippen LogP contribution in [0.25, 0.3) is 0 Å². The van der Waals surface area contributed by atoms with E-state index in [0.29, 0.717) is 3.57 Å². The minimum atomic E-state index is -3.75. The summed E-state index contributed by atoms with van der Waals surface area (Å²) in [5.74, 6) is -2.89. The van der Waals surface area contributed by atoms with Crippen molar-refractivity contribution in [1.29, 1.82) is 0 Å². The molecule has 3 nitrogen and oxygen atoms in total. The summed E-state index contributed by atoms with van der Waals surface area (Å²) in [6.07, 6.45) is -0.276. The van der Waals surface area contributed by atoms with E-state index in [4.69, 9.17) is 0 Å². The molecule has 0 heterocycles. The van der Waals surface area contributed by atoms with Crippen molar-refractivity contribution in [2.24, 2.45) is 0 Å². The van der Waals surface area contributed by atoms with Crippen LogP contribution in [0.4, 0.5) is 18.9 Å². The Morgan fingerprint density at radius 2 is 1.75 bits per heavy atom. The van der Waals surface area contributed by atoms with E-state index in [-0.39, 0.29) is 23.2 Å². The molecule has 0 aromatic heterocycles. The van der Waals surface area contributed by atoms with Gasteiger partial charge in [0.05, 0.1) is 10.9 Å². The van der Waals surface area contributed by atoms with Gasteiger partial charge in [-0.05, 0) is 66.3 Å². The fourth-order valence-corrected chi connectivity index (χ4v) is 3.17. The molecule has 0 radical (unpaired) electrons. The summed E-state index contributed by atoms with van der Waals surface area (Å²) in [6.45, 7) is 2.92. The standard InChI is InChI=1S/C16H15F3INO2S/c1-9(2)24(22,23)21-15-6-5-13(17)16(19)12(15)7-10-3-4-11(20)8-14(10)18/h3-6,8-9,21H,7H2,1-2H3. The number of nitrogens with one attached hydrogen (secondary N) is 1. The topological polar surface area (TPSA) is 46.2 Å². The van der Waals surface area contributed by atoms with Gasteiger partial charge in [-0.25, -0.2) is 21.6 Å². The Labute approximate surface area is 152 Å². The van der Waals surface area contributed by atoms with Gasteiger partial charge in [-0.3, -0.25) is 4.72 Å². The van der Waals surface area contributed by atoms with Crippen LogP contribution in [0, 0.1) is 21.0 Å². The van der Waals surface area contributed by atoms with Crippen LogP contribution in [0.5, 0.6) is 0 Å². The molecule has 0 bridgehead atoms. The maximum atomic E-state index is 14.2. The van der Waals surface area contributed by atoms with E-state index in [1.54, 1.807) is 6.07 Å². The molecule has 1 N–H and O–H groups in total. The van der Waals surface area contributed by atoms with Gasteiger partial charge < -0.3 is 0 Å². The third-order valence-electron chi connectivity index (χ3n) is 3.45. The molecule has 2 aromatic carbocycles. The van der Waals surface area contributed by atoms with Crippen molar-refractivity contribution >= 4 is 38.3 Å². The van der Waals surface area contributed by atoms with E-state index in [2.05, 4.69) is 4.72 Å². The minimum absolute atomic E-state index is 0.0967. The summed E-state index contributed by atoms with van der Waals surface area (Å²) >= 11 is 1.93. The highest BCUT2D eigenvalue weighted by molar-refractivity contribution is 14.1. The van der Waals surface area contributed by atoms with Gasteiger partial charge in [-0.1, -0.05) is 6.07 Å². The first-order valence-electron chi connectivity index (χ1n) is 7.04. The molecule has 0 aliphatic carbocycles. The summed E-state index contributed by atoms with van der Waals surface area (Å²) in [5.41, 5.74) is -0.190. The third-order valence-corrected chi connectivity index (χ3v) is 5.87. The predicted molar refractivity (Wildman–Crippen MR) is 96.0 cm³/mol. The van der Waals surface area contributed by atoms with Gasteiger partial charge in [0.2, 0.25) is 10.0 Å². The van der Waals surface area contributed by atoms with Crippen molar-refractivity contribution in [2.45, 2.75) is 25.5 Å². The van der Waals surface area contributed by atoms with Crippen LogP contribution in [0.15, 0.2) is 30.3 Å². The van der Waals surface area contributed by atoms with Crippen LogP contribution in [0.1, 0.15) is 25.0 Å². The molecule has 130 valence electrons. The molecule has 2 rings (SSSR count). The number of hydrogen-bond donors (Lipinski definition) is 1. The van der Waals surface area contributed by atoms with Crippen molar-refractivity contribution in [2.75, 3.05) is 4.72 Å². The van der Waals surface area contributed by atoms with Crippen molar-refractivity contribution in [3.63, 3.8) is 0 Å². The Morgan fingerprint density at radius 1 is 1.08 bits per heavy atom. The fraction of sp³-hybridized carbons (Fsp3) is 0.250. The van der Waals surface area contributed by atoms with E-state index in [1.165, 1.54) is 26.0 Å². The van der Waals surface area contributed by atoms with E-state index in [1.807, 2.05) is 22.6 Å². The lowest BCUT2D eigenvalue weighted by molar-refractivity contribution is 0.500. The monoisotopic (exact) mass is 469 g/mol. The summed E-state index contributed by atoms with van der Waals surface area (Å²) in [4.78, 5) is 0. The molecular formula is C16H15F3INO2S. The molecule has 0 saturated heterocycles. The molecule has 0 amide bonds. The molecular weight excluding hydrogens is 454 g/mol. The highest BCUT2D eigenvalue weighted by Crippen LogP contribution is 2.27. The van der Waals surface area contributed by atoms with Crippen LogP contribution in [-0.2, 0) is 16.4 Å². The Morgan fingerprint density at radius 3 is 2.33 bits per heavy atom. The zero-order chi connectivity index (χ0) is 18.1. The van der Waals surface area contributed by atoms with Crippen LogP contribution < -0.4 is 4.72 Å². The first-order valence-corrected chi connectivity index (χ1v) is 9.66. The van der Waals surface area contributed by atoms with Crippen LogP contribution >= 0.6 is 22.6 Å². The number of sulfonamides is 1.